The molecule has 1 amide bonds. The third kappa shape index (κ3) is 2.93. The molecular weight excluding hydrogens is 319 g/mol. The number of carbonyl (C=O) groups excluding carboxylic acids is 1. The first-order valence-electron chi connectivity index (χ1n) is 8.69. The first-order valence-corrected chi connectivity index (χ1v) is 8.69. The molecule has 2 aliphatic rings. The van der Waals surface area contributed by atoms with E-state index in [0.717, 1.165) is 11.3 Å². The number of aryl methyl sites for hydroxylation is 1. The molecule has 2 aromatic rings. The molecule has 2 fully saturated rings. The molecular formula is C20H21FN2O2. The van der Waals surface area contributed by atoms with E-state index < -0.39 is 5.41 Å². The van der Waals surface area contributed by atoms with E-state index in [9.17, 15) is 9.18 Å². The van der Waals surface area contributed by atoms with Crippen LogP contribution in [-0.2, 0) is 14.9 Å². The van der Waals surface area contributed by atoms with Gasteiger partial charge in [0.15, 0.2) is 0 Å². The van der Waals surface area contributed by atoms with Crippen LogP contribution < -0.4 is 0 Å². The van der Waals surface area contributed by atoms with Crippen molar-refractivity contribution in [3.8, 4) is 0 Å². The van der Waals surface area contributed by atoms with Gasteiger partial charge in [-0.25, -0.2) is 4.39 Å². The molecule has 4 rings (SSSR count). The Hall–Kier alpha value is -2.27. The van der Waals surface area contributed by atoms with Gasteiger partial charge in [0.25, 0.3) is 0 Å². The molecule has 0 radical (unpaired) electrons. The fourth-order valence-corrected chi connectivity index (χ4v) is 3.68. The number of amides is 1. The molecule has 0 bridgehead atoms. The summed E-state index contributed by atoms with van der Waals surface area (Å²) in [6, 6.07) is 10.6. The number of aromatic nitrogens is 1. The second kappa shape index (κ2) is 6.23. The minimum atomic E-state index is -0.679. The van der Waals surface area contributed by atoms with Gasteiger partial charge in [0.1, 0.15) is 11.9 Å². The van der Waals surface area contributed by atoms with E-state index in [4.69, 9.17) is 4.74 Å². The van der Waals surface area contributed by atoms with E-state index >= 15 is 0 Å². The van der Waals surface area contributed by atoms with Crippen LogP contribution >= 0.6 is 0 Å². The molecule has 5 heteroatoms. The van der Waals surface area contributed by atoms with Crippen LogP contribution in [0.1, 0.15) is 35.8 Å². The predicted octanol–water partition coefficient (Wildman–Crippen LogP) is 3.16. The molecule has 4 nitrogen and oxygen atoms in total. The van der Waals surface area contributed by atoms with Gasteiger partial charge in [0.05, 0.1) is 18.6 Å². The Kier molecular flexibility index (Phi) is 4.04. The molecule has 0 N–H and O–H groups in total. The third-order valence-corrected chi connectivity index (χ3v) is 5.19. The Morgan fingerprint density at radius 2 is 2.12 bits per heavy atom. The van der Waals surface area contributed by atoms with Crippen LogP contribution in [0.3, 0.4) is 0 Å². The summed E-state index contributed by atoms with van der Waals surface area (Å²) in [7, 11) is 0. The second-order valence-electron chi connectivity index (χ2n) is 6.90. The molecule has 1 aliphatic heterocycles. The van der Waals surface area contributed by atoms with Crippen molar-refractivity contribution in [1.29, 1.82) is 0 Å². The third-order valence-electron chi connectivity index (χ3n) is 5.19. The van der Waals surface area contributed by atoms with Crippen molar-refractivity contribution in [2.24, 2.45) is 0 Å². The Morgan fingerprint density at radius 1 is 1.32 bits per heavy atom. The van der Waals surface area contributed by atoms with Crippen molar-refractivity contribution in [3.63, 3.8) is 0 Å². The number of carbonyl (C=O) groups is 1. The van der Waals surface area contributed by atoms with E-state index in [1.54, 1.807) is 24.4 Å². The van der Waals surface area contributed by atoms with Gasteiger partial charge in [-0.2, -0.15) is 0 Å². The lowest BCUT2D eigenvalue weighted by Crippen LogP contribution is -2.47. The molecule has 1 saturated heterocycles. The first-order chi connectivity index (χ1) is 12.1. The average molecular weight is 340 g/mol. The first kappa shape index (κ1) is 16.2. The lowest BCUT2D eigenvalue weighted by molar-refractivity contribution is -0.141. The van der Waals surface area contributed by atoms with Crippen molar-refractivity contribution in [1.82, 2.24) is 9.88 Å². The van der Waals surface area contributed by atoms with Crippen molar-refractivity contribution in [2.75, 3.05) is 19.7 Å². The molecule has 1 saturated carbocycles. The number of ether oxygens (including phenoxy) is 1. The van der Waals surface area contributed by atoms with Crippen molar-refractivity contribution in [2.45, 2.75) is 31.3 Å². The molecule has 1 atom stereocenters. The van der Waals surface area contributed by atoms with Crippen LogP contribution in [0.15, 0.2) is 42.6 Å². The van der Waals surface area contributed by atoms with Gasteiger partial charge in [0, 0.05) is 24.0 Å². The number of morpholine rings is 1. The number of nitrogens with zero attached hydrogens (tertiary/aromatic N) is 2. The summed E-state index contributed by atoms with van der Waals surface area (Å²) >= 11 is 0. The minimum absolute atomic E-state index is 0.0247. The molecule has 25 heavy (non-hydrogen) atoms. The Labute approximate surface area is 146 Å². The number of rotatable bonds is 3. The number of hydrogen-bond donors (Lipinski definition) is 0. The van der Waals surface area contributed by atoms with Crippen LogP contribution in [0.2, 0.25) is 0 Å². The second-order valence-corrected chi connectivity index (χ2v) is 6.90. The quantitative estimate of drug-likeness (QED) is 0.862. The highest BCUT2D eigenvalue weighted by atomic mass is 19.1. The number of benzene rings is 1. The Balaban J connectivity index is 1.56. The van der Waals surface area contributed by atoms with Gasteiger partial charge in [-0.1, -0.05) is 18.2 Å². The summed E-state index contributed by atoms with van der Waals surface area (Å²) in [6.07, 6.45) is 3.03. The zero-order chi connectivity index (χ0) is 17.4. The van der Waals surface area contributed by atoms with Crippen LogP contribution in [0.5, 0.6) is 0 Å². The zero-order valence-electron chi connectivity index (χ0n) is 14.2. The van der Waals surface area contributed by atoms with Crippen LogP contribution in [0.25, 0.3) is 0 Å². The van der Waals surface area contributed by atoms with E-state index in [1.807, 2.05) is 24.0 Å². The molecule has 0 spiro atoms. The lowest BCUT2D eigenvalue weighted by Gasteiger charge is -2.35. The molecule has 1 aliphatic carbocycles. The van der Waals surface area contributed by atoms with Crippen molar-refractivity contribution in [3.05, 3.63) is 65.2 Å². The fraction of sp³-hybridized carbons (Fsp3) is 0.400. The standard InChI is InChI=1S/C20H21FN2O2/c1-14-12-15(6-9-22-14)18-13-23(10-11-25-18)19(24)20(7-8-20)16-4-2-3-5-17(16)21/h2-6,9,12,18H,7-8,10-11,13H2,1H3. The highest BCUT2D eigenvalue weighted by molar-refractivity contribution is 5.91. The fourth-order valence-electron chi connectivity index (χ4n) is 3.68. The summed E-state index contributed by atoms with van der Waals surface area (Å²) in [6.45, 7) is 3.48. The highest BCUT2D eigenvalue weighted by Crippen LogP contribution is 2.50. The summed E-state index contributed by atoms with van der Waals surface area (Å²) < 4.78 is 20.1. The number of hydrogen-bond acceptors (Lipinski definition) is 3. The summed E-state index contributed by atoms with van der Waals surface area (Å²) in [4.78, 5) is 19.2. The van der Waals surface area contributed by atoms with E-state index in [2.05, 4.69) is 4.98 Å². The summed E-state index contributed by atoms with van der Waals surface area (Å²) in [5.41, 5.74) is 1.81. The predicted molar refractivity (Wildman–Crippen MR) is 91.6 cm³/mol. The SMILES string of the molecule is Cc1cc(C2CN(C(=O)C3(c4ccccc4F)CC3)CCO2)ccn1. The van der Waals surface area contributed by atoms with Crippen molar-refractivity contribution >= 4 is 5.91 Å². The Bertz CT molecular complexity index is 804. The number of pyridine rings is 1. The molecule has 1 aromatic heterocycles. The molecule has 1 aromatic carbocycles. The van der Waals surface area contributed by atoms with Crippen LogP contribution in [-0.4, -0.2) is 35.5 Å². The summed E-state index contributed by atoms with van der Waals surface area (Å²) in [5, 5.41) is 0. The highest BCUT2D eigenvalue weighted by Gasteiger charge is 2.54. The lowest BCUT2D eigenvalue weighted by atomic mass is 9.93. The van der Waals surface area contributed by atoms with Gasteiger partial charge in [-0.3, -0.25) is 9.78 Å². The van der Waals surface area contributed by atoms with Crippen LogP contribution in [0, 0.1) is 12.7 Å². The maximum atomic E-state index is 14.2. The van der Waals surface area contributed by atoms with Gasteiger partial charge in [-0.15, -0.1) is 0 Å². The summed E-state index contributed by atoms with van der Waals surface area (Å²) in [5.74, 6) is -0.264. The smallest absolute Gasteiger partial charge is 0.233 e. The normalized spacial score (nSPS) is 21.8. The van der Waals surface area contributed by atoms with Crippen molar-refractivity contribution < 1.29 is 13.9 Å². The largest absolute Gasteiger partial charge is 0.370 e. The molecule has 2 heterocycles. The van der Waals surface area contributed by atoms with E-state index in [-0.39, 0.29) is 17.8 Å². The zero-order valence-corrected chi connectivity index (χ0v) is 14.2. The molecule has 1 unspecified atom stereocenters. The number of halogens is 1. The van der Waals surface area contributed by atoms with E-state index in [1.165, 1.54) is 6.07 Å². The maximum Gasteiger partial charge on any atom is 0.233 e. The van der Waals surface area contributed by atoms with Crippen LogP contribution in [0.4, 0.5) is 4.39 Å². The van der Waals surface area contributed by atoms with Gasteiger partial charge < -0.3 is 9.64 Å². The monoisotopic (exact) mass is 340 g/mol. The topological polar surface area (TPSA) is 42.4 Å². The van der Waals surface area contributed by atoms with Gasteiger partial charge in [-0.05, 0) is 43.5 Å². The molecule has 130 valence electrons. The van der Waals surface area contributed by atoms with Gasteiger partial charge >= 0.3 is 0 Å². The van der Waals surface area contributed by atoms with E-state index in [0.29, 0.717) is 38.1 Å². The average Bonchev–Trinajstić information content (AvgIpc) is 3.43. The maximum absolute atomic E-state index is 14.2. The van der Waals surface area contributed by atoms with Gasteiger partial charge in [0.2, 0.25) is 5.91 Å². The Morgan fingerprint density at radius 3 is 2.84 bits per heavy atom. The minimum Gasteiger partial charge on any atom is -0.370 e.